The molecule has 0 aromatic heterocycles. The van der Waals surface area contributed by atoms with Crippen LogP contribution >= 0.6 is 11.6 Å². The van der Waals surface area contributed by atoms with E-state index in [0.717, 1.165) is 16.1 Å². The quantitative estimate of drug-likeness (QED) is 0.726. The van der Waals surface area contributed by atoms with Crippen LogP contribution in [0.5, 0.6) is 0 Å². The molecule has 0 bridgehead atoms. The zero-order valence-electron chi connectivity index (χ0n) is 12.4. The van der Waals surface area contributed by atoms with Crippen molar-refractivity contribution in [1.82, 2.24) is 4.90 Å². The van der Waals surface area contributed by atoms with Gasteiger partial charge in [-0.25, -0.2) is 0 Å². The van der Waals surface area contributed by atoms with Gasteiger partial charge in [-0.05, 0) is 25.6 Å². The van der Waals surface area contributed by atoms with E-state index in [-0.39, 0.29) is 11.8 Å². The lowest BCUT2D eigenvalue weighted by Crippen LogP contribution is -2.25. The third-order valence-electron chi connectivity index (χ3n) is 3.80. The minimum Gasteiger partial charge on any atom is -0.299 e. The standard InChI is InChI=1S/C18H20ClNO/c1-14(16-10-6-7-11-17(16)19)20(2)13-12-18(21)15-8-4-3-5-9-15/h3-11,14H,12-13H2,1-2H3. The van der Waals surface area contributed by atoms with Gasteiger partial charge in [0.25, 0.3) is 0 Å². The van der Waals surface area contributed by atoms with Crippen LogP contribution in [0.25, 0.3) is 0 Å². The molecule has 3 heteroatoms. The first-order chi connectivity index (χ1) is 10.1. The second-order valence-electron chi connectivity index (χ2n) is 5.22. The summed E-state index contributed by atoms with van der Waals surface area (Å²) in [5.41, 5.74) is 1.87. The van der Waals surface area contributed by atoms with E-state index < -0.39 is 0 Å². The smallest absolute Gasteiger partial charge is 0.164 e. The number of rotatable bonds is 6. The largest absolute Gasteiger partial charge is 0.299 e. The minimum atomic E-state index is 0.175. The Labute approximate surface area is 131 Å². The van der Waals surface area contributed by atoms with Crippen molar-refractivity contribution in [1.29, 1.82) is 0 Å². The molecule has 0 aliphatic heterocycles. The van der Waals surface area contributed by atoms with Crippen LogP contribution in [0.1, 0.15) is 35.3 Å². The highest BCUT2D eigenvalue weighted by molar-refractivity contribution is 6.31. The van der Waals surface area contributed by atoms with Crippen molar-refractivity contribution in [2.45, 2.75) is 19.4 Å². The molecule has 2 aromatic carbocycles. The van der Waals surface area contributed by atoms with Gasteiger partial charge in [-0.2, -0.15) is 0 Å². The number of hydrogen-bond donors (Lipinski definition) is 0. The first-order valence-corrected chi connectivity index (χ1v) is 7.50. The highest BCUT2D eigenvalue weighted by atomic mass is 35.5. The molecule has 21 heavy (non-hydrogen) atoms. The number of carbonyl (C=O) groups excluding carboxylic acids is 1. The van der Waals surface area contributed by atoms with Gasteiger partial charge in [0.1, 0.15) is 0 Å². The second-order valence-corrected chi connectivity index (χ2v) is 5.62. The molecule has 0 heterocycles. The first kappa shape index (κ1) is 15.7. The molecule has 0 saturated carbocycles. The van der Waals surface area contributed by atoms with Crippen LogP contribution in [-0.4, -0.2) is 24.3 Å². The predicted molar refractivity (Wildman–Crippen MR) is 87.9 cm³/mol. The summed E-state index contributed by atoms with van der Waals surface area (Å²) < 4.78 is 0. The lowest BCUT2D eigenvalue weighted by atomic mass is 10.1. The summed E-state index contributed by atoms with van der Waals surface area (Å²) in [4.78, 5) is 14.3. The van der Waals surface area contributed by atoms with Crippen LogP contribution in [0.3, 0.4) is 0 Å². The van der Waals surface area contributed by atoms with Gasteiger partial charge in [-0.3, -0.25) is 9.69 Å². The Kier molecular flexibility index (Phi) is 5.54. The molecule has 2 aromatic rings. The van der Waals surface area contributed by atoms with Gasteiger partial charge in [0.2, 0.25) is 0 Å². The third kappa shape index (κ3) is 4.16. The molecule has 1 atom stereocenters. The third-order valence-corrected chi connectivity index (χ3v) is 4.15. The predicted octanol–water partition coefficient (Wildman–Crippen LogP) is 4.61. The lowest BCUT2D eigenvalue weighted by Gasteiger charge is -2.25. The number of carbonyl (C=O) groups is 1. The molecule has 0 aliphatic rings. The van der Waals surface area contributed by atoms with E-state index in [1.54, 1.807) is 0 Å². The van der Waals surface area contributed by atoms with Crippen LogP contribution in [0.4, 0.5) is 0 Å². The van der Waals surface area contributed by atoms with Crippen LogP contribution in [0, 0.1) is 0 Å². The van der Waals surface area contributed by atoms with E-state index in [4.69, 9.17) is 11.6 Å². The summed E-state index contributed by atoms with van der Waals surface area (Å²) in [5, 5.41) is 0.770. The topological polar surface area (TPSA) is 20.3 Å². The summed E-state index contributed by atoms with van der Waals surface area (Å²) in [6.07, 6.45) is 0.509. The number of ketones is 1. The highest BCUT2D eigenvalue weighted by Gasteiger charge is 2.15. The van der Waals surface area contributed by atoms with Gasteiger partial charge in [0, 0.05) is 29.6 Å². The fourth-order valence-electron chi connectivity index (χ4n) is 2.29. The van der Waals surface area contributed by atoms with Crippen molar-refractivity contribution in [2.75, 3.05) is 13.6 Å². The van der Waals surface area contributed by atoms with Crippen LogP contribution in [0.2, 0.25) is 5.02 Å². The van der Waals surface area contributed by atoms with Crippen molar-refractivity contribution in [3.8, 4) is 0 Å². The molecule has 0 N–H and O–H groups in total. The first-order valence-electron chi connectivity index (χ1n) is 7.12. The molecular formula is C18H20ClNO. The molecule has 0 radical (unpaired) electrons. The maximum atomic E-state index is 12.1. The zero-order valence-corrected chi connectivity index (χ0v) is 13.2. The Morgan fingerprint density at radius 2 is 1.71 bits per heavy atom. The van der Waals surface area contributed by atoms with Crippen molar-refractivity contribution in [3.05, 3.63) is 70.7 Å². The molecule has 0 fully saturated rings. The van der Waals surface area contributed by atoms with Gasteiger partial charge in [0.15, 0.2) is 5.78 Å². The van der Waals surface area contributed by atoms with Gasteiger partial charge in [0.05, 0.1) is 0 Å². The van der Waals surface area contributed by atoms with Gasteiger partial charge in [-0.15, -0.1) is 0 Å². The molecule has 0 amide bonds. The summed E-state index contributed by atoms with van der Waals surface area (Å²) in [7, 11) is 2.02. The van der Waals surface area contributed by atoms with Crippen molar-refractivity contribution < 1.29 is 4.79 Å². The number of benzene rings is 2. The van der Waals surface area contributed by atoms with Gasteiger partial charge >= 0.3 is 0 Å². The fraction of sp³-hybridized carbons (Fsp3) is 0.278. The molecule has 110 valence electrons. The average molecular weight is 302 g/mol. The summed E-state index contributed by atoms with van der Waals surface area (Å²) >= 11 is 6.23. The SMILES string of the molecule is CC(c1ccccc1Cl)N(C)CCC(=O)c1ccccc1. The van der Waals surface area contributed by atoms with E-state index >= 15 is 0 Å². The van der Waals surface area contributed by atoms with Crippen LogP contribution < -0.4 is 0 Å². The Hall–Kier alpha value is -1.64. The summed E-state index contributed by atoms with van der Waals surface area (Å²) in [5.74, 6) is 0.175. The number of hydrogen-bond acceptors (Lipinski definition) is 2. The van der Waals surface area contributed by atoms with Crippen molar-refractivity contribution >= 4 is 17.4 Å². The zero-order chi connectivity index (χ0) is 15.2. The monoisotopic (exact) mass is 301 g/mol. The normalized spacial score (nSPS) is 12.4. The number of Topliss-reactive ketones (excluding diaryl/α,β-unsaturated/α-hetero) is 1. The maximum absolute atomic E-state index is 12.1. The van der Waals surface area contributed by atoms with Crippen molar-refractivity contribution in [2.24, 2.45) is 0 Å². The maximum Gasteiger partial charge on any atom is 0.164 e. The number of halogens is 1. The Bertz CT molecular complexity index is 597. The second kappa shape index (κ2) is 7.39. The van der Waals surface area contributed by atoms with E-state index in [0.29, 0.717) is 13.0 Å². The van der Waals surface area contributed by atoms with Gasteiger partial charge < -0.3 is 0 Å². The minimum absolute atomic E-state index is 0.175. The van der Waals surface area contributed by atoms with E-state index in [1.807, 2.05) is 61.6 Å². The Balaban J connectivity index is 1.94. The Morgan fingerprint density at radius 3 is 2.38 bits per heavy atom. The average Bonchev–Trinajstić information content (AvgIpc) is 2.53. The van der Waals surface area contributed by atoms with E-state index in [9.17, 15) is 4.79 Å². The highest BCUT2D eigenvalue weighted by Crippen LogP contribution is 2.26. The Morgan fingerprint density at radius 1 is 1.10 bits per heavy atom. The van der Waals surface area contributed by atoms with Crippen molar-refractivity contribution in [3.63, 3.8) is 0 Å². The molecule has 0 spiro atoms. The molecular weight excluding hydrogens is 282 g/mol. The van der Waals surface area contributed by atoms with Crippen LogP contribution in [-0.2, 0) is 0 Å². The molecule has 0 saturated heterocycles. The molecule has 1 unspecified atom stereocenters. The molecule has 0 aliphatic carbocycles. The van der Waals surface area contributed by atoms with E-state index in [1.165, 1.54) is 0 Å². The van der Waals surface area contributed by atoms with Gasteiger partial charge in [-0.1, -0.05) is 60.1 Å². The van der Waals surface area contributed by atoms with E-state index in [2.05, 4.69) is 11.8 Å². The lowest BCUT2D eigenvalue weighted by molar-refractivity contribution is 0.0962. The summed E-state index contributed by atoms with van der Waals surface area (Å²) in [6.45, 7) is 2.81. The number of nitrogens with zero attached hydrogens (tertiary/aromatic N) is 1. The van der Waals surface area contributed by atoms with Crippen LogP contribution in [0.15, 0.2) is 54.6 Å². The molecule has 2 rings (SSSR count). The fourth-order valence-corrected chi connectivity index (χ4v) is 2.58. The molecule has 2 nitrogen and oxygen atoms in total. The summed E-state index contributed by atoms with van der Waals surface area (Å²) in [6, 6.07) is 17.5.